The van der Waals surface area contributed by atoms with Crippen LogP contribution in [0.1, 0.15) is 27.7 Å². The fourth-order valence-electron chi connectivity index (χ4n) is 3.47. The summed E-state index contributed by atoms with van der Waals surface area (Å²) in [4.78, 5) is 50.6. The van der Waals surface area contributed by atoms with Crippen LogP contribution in [0, 0.1) is 11.3 Å². The van der Waals surface area contributed by atoms with Crippen molar-refractivity contribution in [3.63, 3.8) is 0 Å². The number of hydrazine groups is 1. The van der Waals surface area contributed by atoms with Gasteiger partial charge in [-0.25, -0.2) is 5.84 Å². The van der Waals surface area contributed by atoms with Crippen molar-refractivity contribution >= 4 is 102 Å². The Morgan fingerprint density at radius 1 is 1.22 bits per heavy atom. The van der Waals surface area contributed by atoms with Crippen molar-refractivity contribution in [3.8, 4) is 0 Å². The number of Topliss-reactive ketones (excluding diaryl/α,β-unsaturated/α-hetero) is 1. The highest BCUT2D eigenvalue weighted by Crippen LogP contribution is 2.55. The number of rotatable bonds is 6. The minimum atomic E-state index is -1.96. The number of nitrogens with one attached hydrogen (secondary N) is 1. The second-order valence-electron chi connectivity index (χ2n) is 7.71. The number of alkyl halides is 1. The molecule has 1 amide bonds. The van der Waals surface area contributed by atoms with Crippen LogP contribution in [0.5, 0.6) is 0 Å². The summed E-state index contributed by atoms with van der Waals surface area (Å²) in [5.74, 6) is 2.21. The largest absolute Gasteiger partial charge is 0.454 e. The molecule has 2 aliphatic rings. The lowest BCUT2D eigenvalue weighted by molar-refractivity contribution is -0.257. The van der Waals surface area contributed by atoms with Crippen LogP contribution < -0.4 is 11.3 Å². The van der Waals surface area contributed by atoms with E-state index in [1.54, 1.807) is 13.8 Å². The maximum Gasteiger partial charge on any atom is 0.303 e. The second-order valence-corrected chi connectivity index (χ2v) is 11.5. The quantitative estimate of drug-likeness (QED) is 0.0613. The number of amides is 1. The number of hydrogen-bond donors (Lipinski definition) is 2. The number of carbonyl (C=O) groups excluding carboxylic acids is 4. The lowest BCUT2D eigenvalue weighted by Gasteiger charge is -2.43. The molecular formula is C19H22ClI3N2O7. The second kappa shape index (κ2) is 10.8. The summed E-state index contributed by atoms with van der Waals surface area (Å²) in [7, 11) is 0. The lowest BCUT2D eigenvalue weighted by atomic mass is 9.72. The molecule has 13 heteroatoms. The predicted molar refractivity (Wildman–Crippen MR) is 141 cm³/mol. The first-order chi connectivity index (χ1) is 14.7. The zero-order valence-electron chi connectivity index (χ0n) is 17.6. The number of halogens is 4. The van der Waals surface area contributed by atoms with Gasteiger partial charge in [-0.3, -0.25) is 24.6 Å². The fourth-order valence-corrected chi connectivity index (χ4v) is 10.1. The van der Waals surface area contributed by atoms with Crippen molar-refractivity contribution in [2.24, 2.45) is 17.2 Å². The molecule has 32 heavy (non-hydrogen) atoms. The summed E-state index contributed by atoms with van der Waals surface area (Å²) in [6.45, 7) is 6.61. The molecule has 0 aromatic rings. The highest BCUT2D eigenvalue weighted by Gasteiger charge is 2.59. The summed E-state index contributed by atoms with van der Waals surface area (Å²) < 4.78 is 16.5. The molecule has 1 saturated heterocycles. The molecule has 3 N–H and O–H groups in total. The first kappa shape index (κ1) is 28.4. The molecule has 9 nitrogen and oxygen atoms in total. The molecule has 0 spiro atoms. The monoisotopic (exact) mass is 806 g/mol. The molecule has 0 radical (unpaired) electrons. The molecule has 1 heterocycles. The van der Waals surface area contributed by atoms with Crippen LogP contribution in [0.25, 0.3) is 0 Å². The molecule has 2 unspecified atom stereocenters. The van der Waals surface area contributed by atoms with Gasteiger partial charge in [-0.15, -0.1) is 0 Å². The molecular weight excluding hydrogens is 784 g/mol. The summed E-state index contributed by atoms with van der Waals surface area (Å²) in [6, 6.07) is 0. The van der Waals surface area contributed by atoms with Gasteiger partial charge in [-0.05, 0) is 83.1 Å². The highest BCUT2D eigenvalue weighted by molar-refractivity contribution is 14.1. The predicted octanol–water partition coefficient (Wildman–Crippen LogP) is 2.84. The Bertz CT molecular complexity index is 911. The van der Waals surface area contributed by atoms with Crippen molar-refractivity contribution in [1.82, 2.24) is 5.43 Å². The van der Waals surface area contributed by atoms with Crippen molar-refractivity contribution in [3.05, 3.63) is 18.3 Å². The van der Waals surface area contributed by atoms with E-state index in [9.17, 15) is 19.2 Å². The van der Waals surface area contributed by atoms with E-state index in [-0.39, 0.29) is 18.8 Å². The van der Waals surface area contributed by atoms with Crippen molar-refractivity contribution in [1.29, 1.82) is 0 Å². The smallest absolute Gasteiger partial charge is 0.303 e. The molecule has 1 fully saturated rings. The third-order valence-corrected chi connectivity index (χ3v) is 9.59. The first-order valence-electron chi connectivity index (χ1n) is 9.36. The molecule has 3 atom stereocenters. The Kier molecular flexibility index (Phi) is 9.57. The molecule has 0 aromatic heterocycles. The van der Waals surface area contributed by atoms with Gasteiger partial charge in [-0.1, -0.05) is 22.6 Å². The highest BCUT2D eigenvalue weighted by atomic mass is 127. The number of ketones is 1. The third kappa shape index (κ3) is 5.19. The lowest BCUT2D eigenvalue weighted by Crippen LogP contribution is -2.56. The van der Waals surface area contributed by atoms with Crippen molar-refractivity contribution in [2.45, 2.75) is 43.5 Å². The first-order valence-corrected chi connectivity index (χ1v) is 13.1. The summed E-state index contributed by atoms with van der Waals surface area (Å²) in [5.41, 5.74) is 0.725. The zero-order chi connectivity index (χ0) is 24.6. The SMILES string of the molecule is CC(=O)O[C@@H](C)C(=O)C1=C(I)C(C2COC(C)(C)OC2)=C(I)C(C(=O)Cl)(C(=O)NN)C1I. The van der Waals surface area contributed by atoms with Crippen molar-refractivity contribution < 1.29 is 33.4 Å². The Morgan fingerprint density at radius 2 is 1.75 bits per heavy atom. The summed E-state index contributed by atoms with van der Waals surface area (Å²) >= 11 is 11.8. The zero-order valence-corrected chi connectivity index (χ0v) is 24.8. The van der Waals surface area contributed by atoms with Crippen LogP contribution in [-0.4, -0.2) is 51.9 Å². The number of hydrogen-bond acceptors (Lipinski definition) is 8. The van der Waals surface area contributed by atoms with Crippen LogP contribution in [0.2, 0.25) is 0 Å². The van der Waals surface area contributed by atoms with Gasteiger partial charge in [0.2, 0.25) is 11.0 Å². The maximum absolute atomic E-state index is 13.4. The Balaban J connectivity index is 2.76. The average molecular weight is 807 g/mol. The van der Waals surface area contributed by atoms with Gasteiger partial charge in [0.1, 0.15) is 0 Å². The van der Waals surface area contributed by atoms with E-state index in [4.69, 9.17) is 31.7 Å². The van der Waals surface area contributed by atoms with Crippen LogP contribution in [0.15, 0.2) is 18.3 Å². The number of ether oxygens (including phenoxy) is 3. The number of esters is 1. The van der Waals surface area contributed by atoms with E-state index >= 15 is 0 Å². The summed E-state index contributed by atoms with van der Waals surface area (Å²) in [5, 5.41) is -0.992. The van der Waals surface area contributed by atoms with E-state index < -0.39 is 50.1 Å². The van der Waals surface area contributed by atoms with Crippen LogP contribution in [-0.2, 0) is 33.4 Å². The molecule has 0 bridgehead atoms. The van der Waals surface area contributed by atoms with E-state index in [2.05, 4.69) is 0 Å². The van der Waals surface area contributed by atoms with E-state index in [1.807, 2.05) is 73.2 Å². The molecule has 178 valence electrons. The molecule has 1 aliphatic heterocycles. The Hall–Kier alpha value is 0.120. The van der Waals surface area contributed by atoms with Crippen LogP contribution >= 0.6 is 79.4 Å². The van der Waals surface area contributed by atoms with Crippen LogP contribution in [0.4, 0.5) is 0 Å². The minimum Gasteiger partial charge on any atom is -0.454 e. The van der Waals surface area contributed by atoms with Gasteiger partial charge in [-0.2, -0.15) is 0 Å². The van der Waals surface area contributed by atoms with Gasteiger partial charge in [0.25, 0.3) is 5.91 Å². The number of allylic oxidation sites excluding steroid dienone is 1. The standard InChI is InChI=1S/C19H22ClI3N2O7/c1-7(32-8(2)26)13(27)11-12(21)10(9-5-30-18(3,4)31-6-9)14(22)19(15(11)23,16(20)28)17(29)25-24/h7,9,15H,5-6,24H2,1-4H3,(H,25,29)/t7-,15?,19?/m0/s1. The topological polar surface area (TPSA) is 134 Å². The fraction of sp³-hybridized carbons (Fsp3) is 0.579. The number of nitrogens with two attached hydrogens (primary N) is 1. The molecule has 2 rings (SSSR count). The van der Waals surface area contributed by atoms with E-state index in [0.29, 0.717) is 12.7 Å². The normalized spacial score (nSPS) is 27.1. The Labute approximate surface area is 231 Å². The van der Waals surface area contributed by atoms with E-state index in [0.717, 1.165) is 0 Å². The van der Waals surface area contributed by atoms with Gasteiger partial charge in [0, 0.05) is 25.6 Å². The molecule has 0 saturated carbocycles. The van der Waals surface area contributed by atoms with Gasteiger partial charge >= 0.3 is 5.97 Å². The third-order valence-electron chi connectivity index (χ3n) is 5.14. The summed E-state index contributed by atoms with van der Waals surface area (Å²) in [6.07, 6.45) is -1.14. The van der Waals surface area contributed by atoms with Gasteiger partial charge in [0.05, 0.1) is 17.1 Å². The number of carbonyl (C=O) groups is 4. The van der Waals surface area contributed by atoms with E-state index in [1.165, 1.54) is 13.8 Å². The Morgan fingerprint density at radius 3 is 2.19 bits per heavy atom. The minimum absolute atomic E-state index is 0.137. The van der Waals surface area contributed by atoms with Gasteiger partial charge in [0.15, 0.2) is 17.3 Å². The average Bonchev–Trinajstić information content (AvgIpc) is 2.68. The van der Waals surface area contributed by atoms with Crippen LogP contribution in [0.3, 0.4) is 0 Å². The van der Waals surface area contributed by atoms with Gasteiger partial charge < -0.3 is 14.2 Å². The molecule has 0 aromatic carbocycles. The van der Waals surface area contributed by atoms with Crippen molar-refractivity contribution in [2.75, 3.05) is 13.2 Å². The molecule has 1 aliphatic carbocycles. The maximum atomic E-state index is 13.4.